The molecule has 0 atom stereocenters. The first kappa shape index (κ1) is 17.0. The lowest BCUT2D eigenvalue weighted by Gasteiger charge is -2.10. The summed E-state index contributed by atoms with van der Waals surface area (Å²) in [5, 5.41) is 3.89. The molecule has 0 radical (unpaired) electrons. The Morgan fingerprint density at radius 1 is 1.42 bits per heavy atom. The van der Waals surface area contributed by atoms with Crippen LogP contribution in [0.1, 0.15) is 37.4 Å². The molecule has 0 spiro atoms. The highest BCUT2D eigenvalue weighted by molar-refractivity contribution is 9.10. The molecule has 1 heterocycles. The van der Waals surface area contributed by atoms with Gasteiger partial charge in [-0.1, -0.05) is 13.3 Å². The number of benzene rings is 1. The lowest BCUT2D eigenvalue weighted by molar-refractivity contribution is 0.200. The van der Waals surface area contributed by atoms with Crippen LogP contribution >= 0.6 is 15.9 Å². The Morgan fingerprint density at radius 3 is 2.92 bits per heavy atom. The number of ether oxygens (including phenoxy) is 1. The SMILES string of the molecule is CCCCNC(=O)Oc1ccc2c(c1Br)c1c(n2C)C(=NC)CC1. The third-order valence-corrected chi connectivity index (χ3v) is 5.31. The molecule has 1 aliphatic rings. The number of hydrogen-bond donors (Lipinski definition) is 1. The number of nitrogens with one attached hydrogen (secondary N) is 1. The number of aliphatic imine (C=N–C) groups is 1. The van der Waals surface area contributed by atoms with Crippen molar-refractivity contribution in [3.8, 4) is 5.75 Å². The number of nitrogens with zero attached hydrogens (tertiary/aromatic N) is 2. The summed E-state index contributed by atoms with van der Waals surface area (Å²) in [6.07, 6.45) is 3.49. The van der Waals surface area contributed by atoms with Gasteiger partial charge in [-0.15, -0.1) is 0 Å². The van der Waals surface area contributed by atoms with Gasteiger partial charge in [-0.25, -0.2) is 4.79 Å². The fourth-order valence-corrected chi connectivity index (χ4v) is 3.98. The number of halogens is 1. The minimum absolute atomic E-state index is 0.410. The minimum atomic E-state index is -0.410. The molecule has 0 saturated heterocycles. The minimum Gasteiger partial charge on any atom is -0.409 e. The highest BCUT2D eigenvalue weighted by Crippen LogP contribution is 2.41. The van der Waals surface area contributed by atoms with Crippen molar-refractivity contribution < 1.29 is 9.53 Å². The number of aryl methyl sites for hydroxylation is 2. The number of carbonyl (C=O) groups excluding carboxylic acids is 1. The molecule has 0 saturated carbocycles. The lowest BCUT2D eigenvalue weighted by atomic mass is 10.1. The Labute approximate surface area is 150 Å². The summed E-state index contributed by atoms with van der Waals surface area (Å²) < 4.78 is 8.50. The second-order valence-electron chi connectivity index (χ2n) is 6.00. The van der Waals surface area contributed by atoms with Crippen molar-refractivity contribution in [2.24, 2.45) is 12.0 Å². The van der Waals surface area contributed by atoms with Crippen LogP contribution in [-0.4, -0.2) is 30.0 Å². The van der Waals surface area contributed by atoms with Crippen LogP contribution < -0.4 is 10.1 Å². The van der Waals surface area contributed by atoms with E-state index in [1.165, 1.54) is 11.3 Å². The molecule has 3 rings (SSSR count). The smallest absolute Gasteiger partial charge is 0.409 e. The van der Waals surface area contributed by atoms with Crippen LogP contribution in [0.3, 0.4) is 0 Å². The molecule has 6 heteroatoms. The van der Waals surface area contributed by atoms with Crippen molar-refractivity contribution in [3.05, 3.63) is 27.9 Å². The first-order valence-corrected chi connectivity index (χ1v) is 9.09. The maximum absolute atomic E-state index is 11.9. The zero-order valence-corrected chi connectivity index (χ0v) is 15.9. The zero-order chi connectivity index (χ0) is 17.3. The maximum atomic E-state index is 11.9. The molecule has 0 aliphatic heterocycles. The number of unbranched alkanes of at least 4 members (excludes halogenated alkanes) is 1. The van der Waals surface area contributed by atoms with Gasteiger partial charge >= 0.3 is 6.09 Å². The van der Waals surface area contributed by atoms with Crippen LogP contribution in [0, 0.1) is 0 Å². The van der Waals surface area contributed by atoms with Crippen LogP contribution in [0.25, 0.3) is 10.9 Å². The van der Waals surface area contributed by atoms with Crippen LogP contribution in [-0.2, 0) is 13.5 Å². The van der Waals surface area contributed by atoms with E-state index < -0.39 is 6.09 Å². The summed E-state index contributed by atoms with van der Waals surface area (Å²) in [6.45, 7) is 2.72. The summed E-state index contributed by atoms with van der Waals surface area (Å²) in [6, 6.07) is 3.84. The molecule has 0 bridgehead atoms. The Kier molecular flexibility index (Phi) is 4.94. The lowest BCUT2D eigenvalue weighted by Crippen LogP contribution is -2.27. The first-order chi connectivity index (χ1) is 11.6. The maximum Gasteiger partial charge on any atom is 0.412 e. The Balaban J connectivity index is 1.96. The van der Waals surface area contributed by atoms with Crippen molar-refractivity contribution in [2.45, 2.75) is 32.6 Å². The topological polar surface area (TPSA) is 55.6 Å². The Bertz CT molecular complexity index is 824. The van der Waals surface area contributed by atoms with E-state index in [0.717, 1.165) is 46.8 Å². The van der Waals surface area contributed by atoms with E-state index in [4.69, 9.17) is 4.74 Å². The number of rotatable bonds is 4. The van der Waals surface area contributed by atoms with E-state index >= 15 is 0 Å². The van der Waals surface area contributed by atoms with Crippen LogP contribution in [0.5, 0.6) is 5.75 Å². The molecular formula is C18H22BrN3O2. The van der Waals surface area contributed by atoms with Gasteiger partial charge in [0.1, 0.15) is 5.75 Å². The van der Waals surface area contributed by atoms with Gasteiger partial charge < -0.3 is 14.6 Å². The Morgan fingerprint density at radius 2 is 2.21 bits per heavy atom. The summed E-state index contributed by atoms with van der Waals surface area (Å²) in [4.78, 5) is 16.3. The number of carbonyl (C=O) groups is 1. The molecule has 1 aromatic carbocycles. The van der Waals surface area contributed by atoms with Crippen molar-refractivity contribution in [1.82, 2.24) is 9.88 Å². The van der Waals surface area contributed by atoms with E-state index in [1.54, 1.807) is 0 Å². The standard InChI is InChI=1S/C18H22BrN3O2/c1-4-5-10-21-18(23)24-14-9-8-13-15(16(14)19)11-6-7-12(20-2)17(11)22(13)3/h8-9H,4-7,10H2,1-3H3,(H,21,23). The van der Waals surface area contributed by atoms with E-state index in [2.05, 4.69) is 44.8 Å². The highest BCUT2D eigenvalue weighted by Gasteiger charge is 2.27. The second-order valence-corrected chi connectivity index (χ2v) is 6.79. The van der Waals surface area contributed by atoms with Gasteiger partial charge in [-0.3, -0.25) is 4.99 Å². The normalized spacial score (nSPS) is 15.1. The van der Waals surface area contributed by atoms with Gasteiger partial charge in [-0.05, 0) is 52.9 Å². The molecule has 0 unspecified atom stereocenters. The van der Waals surface area contributed by atoms with Crippen molar-refractivity contribution in [3.63, 3.8) is 0 Å². The predicted octanol–water partition coefficient (Wildman–Crippen LogP) is 4.19. The summed E-state index contributed by atoms with van der Waals surface area (Å²) in [7, 11) is 3.90. The molecule has 1 amide bonds. The van der Waals surface area contributed by atoms with Gasteiger partial charge in [0.25, 0.3) is 0 Å². The zero-order valence-electron chi connectivity index (χ0n) is 14.3. The van der Waals surface area contributed by atoms with E-state index in [9.17, 15) is 4.79 Å². The number of fused-ring (bicyclic) bond motifs is 3. The molecule has 1 aromatic heterocycles. The fourth-order valence-electron chi connectivity index (χ4n) is 3.33. The Hall–Kier alpha value is -1.82. The highest BCUT2D eigenvalue weighted by atomic mass is 79.9. The summed E-state index contributed by atoms with van der Waals surface area (Å²) in [5.41, 5.74) is 4.72. The fraction of sp³-hybridized carbons (Fsp3) is 0.444. The number of aromatic nitrogens is 1. The molecule has 1 aliphatic carbocycles. The van der Waals surface area contributed by atoms with Gasteiger partial charge in [-0.2, -0.15) is 0 Å². The molecular weight excluding hydrogens is 370 g/mol. The molecule has 5 nitrogen and oxygen atoms in total. The number of hydrogen-bond acceptors (Lipinski definition) is 3. The van der Waals surface area contributed by atoms with Crippen molar-refractivity contribution >= 4 is 38.6 Å². The van der Waals surface area contributed by atoms with Crippen LogP contribution in [0.4, 0.5) is 4.79 Å². The van der Waals surface area contributed by atoms with Gasteiger partial charge in [0.05, 0.1) is 15.9 Å². The monoisotopic (exact) mass is 391 g/mol. The molecule has 1 N–H and O–H groups in total. The predicted molar refractivity (Wildman–Crippen MR) is 100 cm³/mol. The van der Waals surface area contributed by atoms with Crippen LogP contribution in [0.2, 0.25) is 0 Å². The van der Waals surface area contributed by atoms with Crippen molar-refractivity contribution in [2.75, 3.05) is 13.6 Å². The average Bonchev–Trinajstić information content (AvgIpc) is 3.10. The van der Waals surface area contributed by atoms with Gasteiger partial charge in [0.2, 0.25) is 0 Å². The third kappa shape index (κ3) is 2.83. The van der Waals surface area contributed by atoms with Crippen molar-refractivity contribution in [1.29, 1.82) is 0 Å². The summed E-state index contributed by atoms with van der Waals surface area (Å²) >= 11 is 3.64. The largest absolute Gasteiger partial charge is 0.412 e. The molecule has 2 aromatic rings. The molecule has 128 valence electrons. The van der Waals surface area contributed by atoms with E-state index in [0.29, 0.717) is 12.3 Å². The van der Waals surface area contributed by atoms with E-state index in [-0.39, 0.29) is 0 Å². The van der Waals surface area contributed by atoms with Crippen LogP contribution in [0.15, 0.2) is 21.6 Å². The molecule has 24 heavy (non-hydrogen) atoms. The molecule has 0 fully saturated rings. The quantitative estimate of drug-likeness (QED) is 0.794. The third-order valence-electron chi connectivity index (χ3n) is 4.53. The first-order valence-electron chi connectivity index (χ1n) is 8.30. The summed E-state index contributed by atoms with van der Waals surface area (Å²) in [5.74, 6) is 0.548. The number of amides is 1. The van der Waals surface area contributed by atoms with E-state index in [1.807, 2.05) is 19.2 Å². The van der Waals surface area contributed by atoms with Gasteiger partial charge in [0.15, 0.2) is 0 Å². The van der Waals surface area contributed by atoms with Gasteiger partial charge in [0, 0.05) is 31.5 Å². The average molecular weight is 392 g/mol. The second kappa shape index (κ2) is 6.97.